The van der Waals surface area contributed by atoms with Crippen LogP contribution in [0.5, 0.6) is 0 Å². The van der Waals surface area contributed by atoms with Gasteiger partial charge < -0.3 is 0 Å². The third kappa shape index (κ3) is 2.17. The number of allylic oxidation sites excluding steroid dienone is 2. The third-order valence-electron chi connectivity index (χ3n) is 1.76. The van der Waals surface area contributed by atoms with Gasteiger partial charge in [-0.25, -0.2) is 4.39 Å². The summed E-state index contributed by atoms with van der Waals surface area (Å²) < 4.78 is 12.5. The van der Waals surface area contributed by atoms with Crippen LogP contribution < -0.4 is 5.48 Å². The predicted octanol–water partition coefficient (Wildman–Crippen LogP) is 1.89. The topological polar surface area (TPSA) is 49.3 Å². The first-order valence-corrected chi connectivity index (χ1v) is 4.05. The van der Waals surface area contributed by atoms with Crippen molar-refractivity contribution in [2.24, 2.45) is 0 Å². The first kappa shape index (κ1) is 10.4. The molecule has 0 amide bonds. The van der Waals surface area contributed by atoms with Crippen molar-refractivity contribution in [2.75, 3.05) is 0 Å². The quantitative estimate of drug-likeness (QED) is 0.440. The Morgan fingerprint density at radius 2 is 2.00 bits per heavy atom. The van der Waals surface area contributed by atoms with Gasteiger partial charge in [-0.3, -0.25) is 15.5 Å². The Morgan fingerprint density at radius 1 is 1.43 bits per heavy atom. The normalized spacial score (nSPS) is 11.2. The number of ketones is 1. The van der Waals surface area contributed by atoms with E-state index in [9.17, 15) is 9.18 Å². The molecule has 1 rings (SSSR count). The molecule has 74 valence electrons. The van der Waals surface area contributed by atoms with Crippen molar-refractivity contribution in [3.05, 3.63) is 47.4 Å². The maximum Gasteiger partial charge on any atom is 0.210 e. The van der Waals surface area contributed by atoms with E-state index in [2.05, 4.69) is 0 Å². The number of Topliss-reactive ketones (excluding diaryl/α,β-unsaturated/α-hetero) is 1. The van der Waals surface area contributed by atoms with Gasteiger partial charge >= 0.3 is 0 Å². The van der Waals surface area contributed by atoms with Crippen LogP contribution >= 0.6 is 0 Å². The highest BCUT2D eigenvalue weighted by atomic mass is 19.1. The number of carbonyl (C=O) groups excluding carboxylic acids is 1. The second-order valence-electron chi connectivity index (χ2n) is 2.65. The molecule has 14 heavy (non-hydrogen) atoms. The van der Waals surface area contributed by atoms with E-state index in [-0.39, 0.29) is 11.5 Å². The molecule has 4 heteroatoms. The van der Waals surface area contributed by atoms with E-state index in [1.54, 1.807) is 12.4 Å². The Balaban J connectivity index is 2.95. The van der Waals surface area contributed by atoms with Gasteiger partial charge in [-0.2, -0.15) is 0 Å². The van der Waals surface area contributed by atoms with Crippen molar-refractivity contribution in [1.82, 2.24) is 5.48 Å². The standard InChI is InChI=1S/C10H10FNO2/c1-2-9(12-14)10(13)7-3-5-8(11)6-4-7/h2-6,12,14H,1H3/b9-2+. The fourth-order valence-electron chi connectivity index (χ4n) is 1.00. The zero-order valence-electron chi connectivity index (χ0n) is 7.62. The minimum Gasteiger partial charge on any atom is -0.291 e. The second-order valence-corrected chi connectivity index (χ2v) is 2.65. The number of nitrogens with one attached hydrogen (secondary N) is 1. The number of halogens is 1. The lowest BCUT2D eigenvalue weighted by atomic mass is 10.1. The first-order chi connectivity index (χ1) is 6.69. The summed E-state index contributed by atoms with van der Waals surface area (Å²) in [6.07, 6.45) is 1.44. The summed E-state index contributed by atoms with van der Waals surface area (Å²) in [6.45, 7) is 1.61. The van der Waals surface area contributed by atoms with Crippen molar-refractivity contribution in [3.8, 4) is 0 Å². The lowest BCUT2D eigenvalue weighted by Gasteiger charge is -2.03. The van der Waals surface area contributed by atoms with Crippen LogP contribution in [0.1, 0.15) is 17.3 Å². The summed E-state index contributed by atoms with van der Waals surface area (Å²) in [7, 11) is 0. The molecule has 0 heterocycles. The van der Waals surface area contributed by atoms with Gasteiger partial charge in [0.05, 0.1) is 0 Å². The smallest absolute Gasteiger partial charge is 0.210 e. The minimum absolute atomic E-state index is 0.0663. The van der Waals surface area contributed by atoms with Crippen LogP contribution in [0, 0.1) is 5.82 Å². The van der Waals surface area contributed by atoms with Gasteiger partial charge in [-0.1, -0.05) is 6.08 Å². The van der Waals surface area contributed by atoms with Crippen molar-refractivity contribution in [3.63, 3.8) is 0 Å². The second kappa shape index (κ2) is 4.53. The lowest BCUT2D eigenvalue weighted by Crippen LogP contribution is -2.16. The third-order valence-corrected chi connectivity index (χ3v) is 1.76. The predicted molar refractivity (Wildman–Crippen MR) is 49.4 cm³/mol. The largest absolute Gasteiger partial charge is 0.291 e. The van der Waals surface area contributed by atoms with E-state index in [1.807, 2.05) is 0 Å². The molecule has 0 aliphatic rings. The van der Waals surface area contributed by atoms with Crippen molar-refractivity contribution >= 4 is 5.78 Å². The number of carbonyl (C=O) groups is 1. The number of rotatable bonds is 3. The maximum atomic E-state index is 12.5. The fraction of sp³-hybridized carbons (Fsp3) is 0.100. The van der Waals surface area contributed by atoms with Gasteiger partial charge in [0.1, 0.15) is 11.5 Å². The van der Waals surface area contributed by atoms with E-state index >= 15 is 0 Å². The van der Waals surface area contributed by atoms with E-state index in [4.69, 9.17) is 5.21 Å². The molecule has 1 aromatic rings. The number of hydroxylamine groups is 1. The van der Waals surface area contributed by atoms with E-state index in [0.717, 1.165) is 0 Å². The van der Waals surface area contributed by atoms with Crippen LogP contribution in [0.3, 0.4) is 0 Å². The summed E-state index contributed by atoms with van der Waals surface area (Å²) >= 11 is 0. The Kier molecular flexibility index (Phi) is 3.36. The van der Waals surface area contributed by atoms with Crippen LogP contribution in [-0.2, 0) is 0 Å². The molecule has 0 aliphatic heterocycles. The number of hydrogen-bond acceptors (Lipinski definition) is 3. The van der Waals surface area contributed by atoms with Gasteiger partial charge in [0.15, 0.2) is 0 Å². The summed E-state index contributed by atoms with van der Waals surface area (Å²) in [5, 5.41) is 8.60. The molecule has 0 aliphatic carbocycles. The molecule has 2 N–H and O–H groups in total. The van der Waals surface area contributed by atoms with Gasteiger partial charge in [-0.15, -0.1) is 0 Å². The van der Waals surface area contributed by atoms with Gasteiger partial charge in [0.2, 0.25) is 5.78 Å². The Morgan fingerprint density at radius 3 is 2.43 bits per heavy atom. The summed E-state index contributed by atoms with van der Waals surface area (Å²) in [5.74, 6) is -0.782. The van der Waals surface area contributed by atoms with E-state index in [1.165, 1.54) is 30.3 Å². The maximum absolute atomic E-state index is 12.5. The molecule has 3 nitrogen and oxygen atoms in total. The molecular formula is C10H10FNO2. The van der Waals surface area contributed by atoms with Crippen molar-refractivity contribution < 1.29 is 14.4 Å². The molecule has 0 aromatic heterocycles. The number of hydrogen-bond donors (Lipinski definition) is 2. The van der Waals surface area contributed by atoms with Gasteiger partial charge in [-0.05, 0) is 31.2 Å². The number of benzene rings is 1. The molecule has 1 aromatic carbocycles. The van der Waals surface area contributed by atoms with E-state index in [0.29, 0.717) is 5.56 Å². The van der Waals surface area contributed by atoms with Crippen LogP contribution in [0.25, 0.3) is 0 Å². The van der Waals surface area contributed by atoms with Gasteiger partial charge in [0, 0.05) is 5.56 Å². The van der Waals surface area contributed by atoms with Crippen molar-refractivity contribution in [1.29, 1.82) is 0 Å². The van der Waals surface area contributed by atoms with Crippen LogP contribution in [-0.4, -0.2) is 11.0 Å². The summed E-state index contributed by atoms with van der Waals surface area (Å²) in [6, 6.07) is 5.10. The average Bonchev–Trinajstić information content (AvgIpc) is 2.20. The molecular weight excluding hydrogens is 185 g/mol. The first-order valence-electron chi connectivity index (χ1n) is 4.05. The highest BCUT2D eigenvalue weighted by Gasteiger charge is 2.10. The molecule has 0 spiro atoms. The Hall–Kier alpha value is -1.68. The molecule has 0 radical (unpaired) electrons. The average molecular weight is 195 g/mol. The summed E-state index contributed by atoms with van der Waals surface area (Å²) in [4.78, 5) is 11.5. The molecule has 0 fully saturated rings. The SMILES string of the molecule is C/C=C(/NO)C(=O)c1ccc(F)cc1. The van der Waals surface area contributed by atoms with Gasteiger partial charge in [0.25, 0.3) is 0 Å². The van der Waals surface area contributed by atoms with Crippen molar-refractivity contribution in [2.45, 2.75) is 6.92 Å². The van der Waals surface area contributed by atoms with E-state index < -0.39 is 5.82 Å². The zero-order valence-corrected chi connectivity index (χ0v) is 7.62. The molecule has 0 bridgehead atoms. The molecule has 0 atom stereocenters. The molecule has 0 unspecified atom stereocenters. The molecule has 0 saturated carbocycles. The minimum atomic E-state index is -0.402. The highest BCUT2D eigenvalue weighted by molar-refractivity contribution is 6.08. The van der Waals surface area contributed by atoms with Crippen LogP contribution in [0.15, 0.2) is 36.0 Å². The zero-order chi connectivity index (χ0) is 10.6. The fourth-order valence-corrected chi connectivity index (χ4v) is 1.00. The van der Waals surface area contributed by atoms with Crippen LogP contribution in [0.4, 0.5) is 4.39 Å². The monoisotopic (exact) mass is 195 g/mol. The lowest BCUT2D eigenvalue weighted by molar-refractivity contribution is 0.0976. The van der Waals surface area contributed by atoms with Crippen LogP contribution in [0.2, 0.25) is 0 Å². The summed E-state index contributed by atoms with van der Waals surface area (Å²) in [5.41, 5.74) is 2.17. The Labute approximate surface area is 80.8 Å². The Bertz CT molecular complexity index is 357. The highest BCUT2D eigenvalue weighted by Crippen LogP contribution is 2.07. The molecule has 0 saturated heterocycles.